The summed E-state index contributed by atoms with van der Waals surface area (Å²) in [6, 6.07) is 14.6. The molecule has 2 aromatic carbocycles. The summed E-state index contributed by atoms with van der Waals surface area (Å²) in [7, 11) is -2.12. The zero-order chi connectivity index (χ0) is 25.8. The number of rotatable bonds is 10. The molecule has 0 spiro atoms. The zero-order valence-corrected chi connectivity index (χ0v) is 21.0. The lowest BCUT2D eigenvalue weighted by atomic mass is 9.69. The van der Waals surface area contributed by atoms with Gasteiger partial charge in [0.05, 0.1) is 12.9 Å². The smallest absolute Gasteiger partial charge is 0.409 e. The standard InChI is InChI=1S/C25H29FN4O5S/c1-3-34-24(31)30-16-25(17-30,14-19-7-5-4-6-8-19)20-9-10-21(26)22(13-20)35-12-11-28-36(32,33)23-15-29(2)18-27-23/h4-10,13,15,18,28H,3,11-12,14,16-17H2,1-2H3. The number of nitrogens with one attached hydrogen (secondary N) is 1. The van der Waals surface area contributed by atoms with E-state index in [0.29, 0.717) is 26.1 Å². The van der Waals surface area contributed by atoms with Gasteiger partial charge in [-0.15, -0.1) is 0 Å². The number of halogens is 1. The van der Waals surface area contributed by atoms with Crippen LogP contribution >= 0.6 is 0 Å². The number of carbonyl (C=O) groups excluding carboxylic acids is 1. The molecule has 1 aliphatic heterocycles. The number of aromatic nitrogens is 2. The van der Waals surface area contributed by atoms with Crippen molar-refractivity contribution in [3.63, 3.8) is 0 Å². The summed E-state index contributed by atoms with van der Waals surface area (Å²) >= 11 is 0. The third-order valence-electron chi connectivity index (χ3n) is 6.05. The highest BCUT2D eigenvalue weighted by molar-refractivity contribution is 7.89. The quantitative estimate of drug-likeness (QED) is 0.416. The van der Waals surface area contributed by atoms with Crippen LogP contribution in [0.15, 0.2) is 66.1 Å². The van der Waals surface area contributed by atoms with Crippen LogP contribution in [0.25, 0.3) is 0 Å². The summed E-state index contributed by atoms with van der Waals surface area (Å²) in [5, 5.41) is -0.0998. The van der Waals surface area contributed by atoms with Gasteiger partial charge in [-0.05, 0) is 36.6 Å². The number of imidazole rings is 1. The van der Waals surface area contributed by atoms with Gasteiger partial charge in [0.25, 0.3) is 10.0 Å². The average Bonchev–Trinajstić information content (AvgIpc) is 3.28. The molecule has 9 nitrogen and oxygen atoms in total. The topological polar surface area (TPSA) is 103 Å². The van der Waals surface area contributed by atoms with Crippen molar-refractivity contribution in [2.45, 2.75) is 23.8 Å². The minimum absolute atomic E-state index is 0.0200. The van der Waals surface area contributed by atoms with Crippen LogP contribution in [0, 0.1) is 5.82 Å². The van der Waals surface area contributed by atoms with Crippen molar-refractivity contribution in [2.24, 2.45) is 7.05 Å². The number of ether oxygens (including phenoxy) is 2. The highest BCUT2D eigenvalue weighted by Crippen LogP contribution is 2.40. The van der Waals surface area contributed by atoms with E-state index in [4.69, 9.17) is 9.47 Å². The number of carbonyl (C=O) groups is 1. The number of amides is 1. The number of likely N-dealkylation sites (tertiary alicyclic amines) is 1. The van der Waals surface area contributed by atoms with Crippen molar-refractivity contribution >= 4 is 16.1 Å². The van der Waals surface area contributed by atoms with Crippen LogP contribution < -0.4 is 9.46 Å². The van der Waals surface area contributed by atoms with Gasteiger partial charge < -0.3 is 18.9 Å². The number of nitrogens with zero attached hydrogens (tertiary/aromatic N) is 3. The van der Waals surface area contributed by atoms with Crippen molar-refractivity contribution < 1.29 is 27.1 Å². The molecule has 192 valence electrons. The van der Waals surface area contributed by atoms with E-state index in [9.17, 15) is 17.6 Å². The first-order valence-electron chi connectivity index (χ1n) is 11.6. The summed E-state index contributed by atoms with van der Waals surface area (Å²) in [6.07, 6.45) is 3.05. The lowest BCUT2D eigenvalue weighted by Gasteiger charge is -2.50. The van der Waals surface area contributed by atoms with E-state index in [2.05, 4.69) is 9.71 Å². The summed E-state index contributed by atoms with van der Waals surface area (Å²) in [5.74, 6) is -0.533. The number of benzene rings is 2. The molecule has 0 saturated carbocycles. The Morgan fingerprint density at radius 2 is 1.94 bits per heavy atom. The molecule has 0 bridgehead atoms. The van der Waals surface area contributed by atoms with E-state index in [-0.39, 0.29) is 30.0 Å². The number of sulfonamides is 1. The first-order chi connectivity index (χ1) is 17.2. The summed E-state index contributed by atoms with van der Waals surface area (Å²) < 4.78 is 53.9. The minimum atomic E-state index is -3.79. The zero-order valence-electron chi connectivity index (χ0n) is 20.2. The molecular weight excluding hydrogens is 487 g/mol. The van der Waals surface area contributed by atoms with E-state index in [1.54, 1.807) is 31.0 Å². The molecule has 0 atom stereocenters. The van der Waals surface area contributed by atoms with Crippen LogP contribution in [0.1, 0.15) is 18.1 Å². The molecule has 3 aromatic rings. The largest absolute Gasteiger partial charge is 0.489 e. The second kappa shape index (κ2) is 10.7. The van der Waals surface area contributed by atoms with Crippen molar-refractivity contribution in [1.29, 1.82) is 0 Å². The normalized spacial score (nSPS) is 14.8. The first-order valence-corrected chi connectivity index (χ1v) is 13.1. The molecular formula is C25H29FN4O5S. The Bertz CT molecular complexity index is 1310. The number of aryl methyl sites for hydroxylation is 1. The van der Waals surface area contributed by atoms with Gasteiger partial charge in [0, 0.05) is 38.3 Å². The van der Waals surface area contributed by atoms with Crippen molar-refractivity contribution in [3.05, 3.63) is 78.0 Å². The van der Waals surface area contributed by atoms with Crippen molar-refractivity contribution in [3.8, 4) is 5.75 Å². The fourth-order valence-electron chi connectivity index (χ4n) is 4.29. The highest BCUT2D eigenvalue weighted by atomic mass is 32.2. The van der Waals surface area contributed by atoms with Gasteiger partial charge in [0.2, 0.25) is 0 Å². The van der Waals surface area contributed by atoms with Gasteiger partial charge >= 0.3 is 6.09 Å². The summed E-state index contributed by atoms with van der Waals surface area (Å²) in [5.41, 5.74) is 1.50. The lowest BCUT2D eigenvalue weighted by molar-refractivity contribution is 0.0391. The van der Waals surface area contributed by atoms with E-state index in [0.717, 1.165) is 11.1 Å². The molecule has 1 saturated heterocycles. The van der Waals surface area contributed by atoms with Gasteiger partial charge in [0.1, 0.15) is 6.61 Å². The maximum Gasteiger partial charge on any atom is 0.409 e. The monoisotopic (exact) mass is 516 g/mol. The van der Waals surface area contributed by atoms with Crippen LogP contribution in [0.3, 0.4) is 0 Å². The number of hydrogen-bond acceptors (Lipinski definition) is 6. The second-order valence-electron chi connectivity index (χ2n) is 8.77. The third kappa shape index (κ3) is 5.68. The molecule has 1 fully saturated rings. The fourth-order valence-corrected chi connectivity index (χ4v) is 5.28. The molecule has 0 unspecified atom stereocenters. The van der Waals surface area contributed by atoms with Gasteiger partial charge in [-0.25, -0.2) is 27.3 Å². The third-order valence-corrected chi connectivity index (χ3v) is 7.40. The molecule has 1 N–H and O–H groups in total. The average molecular weight is 517 g/mol. The predicted molar refractivity (Wildman–Crippen MR) is 131 cm³/mol. The maximum atomic E-state index is 14.6. The Kier molecular flexibility index (Phi) is 7.60. The summed E-state index contributed by atoms with van der Waals surface area (Å²) in [4.78, 5) is 17.7. The molecule has 1 aromatic heterocycles. The highest BCUT2D eigenvalue weighted by Gasteiger charge is 2.47. The van der Waals surface area contributed by atoms with E-state index in [1.165, 1.54) is 23.2 Å². The van der Waals surface area contributed by atoms with Crippen LogP contribution in [-0.4, -0.2) is 61.8 Å². The summed E-state index contributed by atoms with van der Waals surface area (Å²) in [6.45, 7) is 2.77. The molecule has 1 aliphatic rings. The van der Waals surface area contributed by atoms with Crippen LogP contribution in [0.2, 0.25) is 0 Å². The minimum Gasteiger partial charge on any atom is -0.489 e. The Morgan fingerprint density at radius 3 is 2.61 bits per heavy atom. The Morgan fingerprint density at radius 1 is 1.19 bits per heavy atom. The van der Waals surface area contributed by atoms with E-state index >= 15 is 0 Å². The van der Waals surface area contributed by atoms with Crippen LogP contribution in [0.4, 0.5) is 9.18 Å². The molecule has 4 rings (SSSR count). The molecule has 0 radical (unpaired) electrons. The van der Waals surface area contributed by atoms with Crippen molar-refractivity contribution in [1.82, 2.24) is 19.2 Å². The van der Waals surface area contributed by atoms with Crippen molar-refractivity contribution in [2.75, 3.05) is 32.8 Å². The molecule has 0 aliphatic carbocycles. The Labute approximate surface area is 209 Å². The SMILES string of the molecule is CCOC(=O)N1CC(Cc2ccccc2)(c2ccc(F)c(OCCNS(=O)(=O)c3cn(C)cn3)c2)C1. The van der Waals surface area contributed by atoms with Gasteiger partial charge in [-0.2, -0.15) is 0 Å². The van der Waals surface area contributed by atoms with Gasteiger partial charge in [-0.3, -0.25) is 0 Å². The molecule has 36 heavy (non-hydrogen) atoms. The van der Waals surface area contributed by atoms with Gasteiger partial charge in [-0.1, -0.05) is 36.4 Å². The first kappa shape index (κ1) is 25.6. The molecule has 11 heteroatoms. The second-order valence-corrected chi connectivity index (χ2v) is 10.5. The van der Waals surface area contributed by atoms with E-state index in [1.807, 2.05) is 30.3 Å². The fraction of sp³-hybridized carbons (Fsp3) is 0.360. The Hall–Kier alpha value is -3.44. The lowest BCUT2D eigenvalue weighted by Crippen LogP contribution is -2.62. The van der Waals surface area contributed by atoms with Gasteiger partial charge in [0.15, 0.2) is 16.6 Å². The number of hydrogen-bond donors (Lipinski definition) is 1. The van der Waals surface area contributed by atoms with Crippen LogP contribution in [0.5, 0.6) is 5.75 Å². The molecule has 2 heterocycles. The Balaban J connectivity index is 1.46. The molecule has 1 amide bonds. The van der Waals surface area contributed by atoms with E-state index < -0.39 is 21.3 Å². The predicted octanol–water partition coefficient (Wildman–Crippen LogP) is 2.87. The maximum absolute atomic E-state index is 14.6. The van der Waals surface area contributed by atoms with Crippen LogP contribution in [-0.2, 0) is 33.6 Å².